The van der Waals surface area contributed by atoms with Gasteiger partial charge in [-0.1, -0.05) is 30.3 Å². The fourth-order valence-electron chi connectivity index (χ4n) is 3.17. The van der Waals surface area contributed by atoms with Crippen molar-refractivity contribution in [2.24, 2.45) is 10.9 Å². The van der Waals surface area contributed by atoms with Gasteiger partial charge >= 0.3 is 0 Å². The van der Waals surface area contributed by atoms with Crippen LogP contribution in [0.3, 0.4) is 0 Å². The zero-order chi connectivity index (χ0) is 18.3. The van der Waals surface area contributed by atoms with Crippen molar-refractivity contribution in [3.8, 4) is 0 Å². The van der Waals surface area contributed by atoms with E-state index < -0.39 is 0 Å². The van der Waals surface area contributed by atoms with E-state index in [1.165, 1.54) is 5.56 Å². The molecule has 1 aromatic rings. The monoisotopic (exact) mass is 472 g/mol. The maximum Gasteiger partial charge on any atom is 0.242 e. The van der Waals surface area contributed by atoms with Gasteiger partial charge in [0.05, 0.1) is 0 Å². The van der Waals surface area contributed by atoms with Crippen molar-refractivity contribution in [2.45, 2.75) is 46.1 Å². The second-order valence-electron chi connectivity index (χ2n) is 7.76. The van der Waals surface area contributed by atoms with E-state index >= 15 is 0 Å². The zero-order valence-electron chi connectivity index (χ0n) is 16.4. The summed E-state index contributed by atoms with van der Waals surface area (Å²) in [5.41, 5.74) is 1.17. The van der Waals surface area contributed by atoms with Crippen molar-refractivity contribution in [3.05, 3.63) is 35.9 Å². The molecule has 1 heterocycles. The van der Waals surface area contributed by atoms with Crippen LogP contribution in [0, 0.1) is 5.92 Å². The molecule has 0 aromatic heterocycles. The molecule has 1 fully saturated rings. The highest BCUT2D eigenvalue weighted by Gasteiger charge is 2.25. The number of guanidine groups is 1. The summed E-state index contributed by atoms with van der Waals surface area (Å²) in [5.74, 6) is 1.44. The van der Waals surface area contributed by atoms with Crippen molar-refractivity contribution in [3.63, 3.8) is 0 Å². The Morgan fingerprint density at radius 2 is 1.96 bits per heavy atom. The molecule has 0 aliphatic carbocycles. The highest BCUT2D eigenvalue weighted by molar-refractivity contribution is 14.0. The molecule has 0 radical (unpaired) electrons. The van der Waals surface area contributed by atoms with E-state index in [1.807, 2.05) is 20.8 Å². The number of halogens is 1. The molecule has 0 spiro atoms. The van der Waals surface area contributed by atoms with Crippen molar-refractivity contribution in [1.29, 1.82) is 0 Å². The molecule has 1 amide bonds. The van der Waals surface area contributed by atoms with Gasteiger partial charge in [0.1, 0.15) is 6.54 Å². The molecular formula is C20H33IN4O. The Bertz CT molecular complexity index is 583. The normalized spacial score (nSPS) is 17.6. The molecule has 1 saturated heterocycles. The summed E-state index contributed by atoms with van der Waals surface area (Å²) >= 11 is 0. The van der Waals surface area contributed by atoms with Crippen LogP contribution >= 0.6 is 24.0 Å². The Kier molecular flexibility index (Phi) is 9.39. The van der Waals surface area contributed by atoms with Crippen LogP contribution in [0.15, 0.2) is 35.3 Å². The van der Waals surface area contributed by atoms with Crippen molar-refractivity contribution in [2.75, 3.05) is 26.2 Å². The van der Waals surface area contributed by atoms with Gasteiger partial charge in [-0.05, 0) is 52.0 Å². The lowest BCUT2D eigenvalue weighted by molar-refractivity contribution is -0.121. The lowest BCUT2D eigenvalue weighted by Gasteiger charge is -2.23. The van der Waals surface area contributed by atoms with Gasteiger partial charge in [0.15, 0.2) is 5.96 Å². The third-order valence-electron chi connectivity index (χ3n) is 4.17. The first kappa shape index (κ1) is 22.7. The molecule has 1 aliphatic rings. The standard InChI is InChI=1S/C20H32N4O.HI/c1-5-21-19(22-14-18(25)23-20(2,3)4)24-12-11-17(15-24)13-16-9-7-6-8-10-16;/h6-10,17H,5,11-15H2,1-4H3,(H,21,22)(H,23,25);1H. The van der Waals surface area contributed by atoms with Crippen molar-refractivity contribution >= 4 is 35.8 Å². The number of nitrogens with zero attached hydrogens (tertiary/aromatic N) is 2. The fourth-order valence-corrected chi connectivity index (χ4v) is 3.17. The van der Waals surface area contributed by atoms with Crippen LogP contribution in [-0.4, -0.2) is 48.5 Å². The highest BCUT2D eigenvalue weighted by Crippen LogP contribution is 2.20. The first-order valence-electron chi connectivity index (χ1n) is 9.25. The number of nitrogens with one attached hydrogen (secondary N) is 2. The Morgan fingerprint density at radius 1 is 1.27 bits per heavy atom. The van der Waals surface area contributed by atoms with Crippen LogP contribution in [0.5, 0.6) is 0 Å². The average molecular weight is 472 g/mol. The number of likely N-dealkylation sites (tertiary alicyclic amines) is 1. The van der Waals surface area contributed by atoms with E-state index in [2.05, 4.69) is 57.8 Å². The third-order valence-corrected chi connectivity index (χ3v) is 4.17. The summed E-state index contributed by atoms with van der Waals surface area (Å²) in [7, 11) is 0. The number of hydrogen-bond donors (Lipinski definition) is 2. The second kappa shape index (κ2) is 10.7. The molecule has 2 N–H and O–H groups in total. The van der Waals surface area contributed by atoms with Crippen LogP contribution in [0.25, 0.3) is 0 Å². The molecule has 0 bridgehead atoms. The Labute approximate surface area is 175 Å². The molecule has 0 saturated carbocycles. The molecule has 6 heteroatoms. The predicted octanol–water partition coefficient (Wildman–Crippen LogP) is 3.05. The minimum absolute atomic E-state index is 0. The van der Waals surface area contributed by atoms with Gasteiger partial charge < -0.3 is 15.5 Å². The SMILES string of the molecule is CCNC(=NCC(=O)NC(C)(C)C)N1CCC(Cc2ccccc2)C1.I. The van der Waals surface area contributed by atoms with Gasteiger partial charge in [0.25, 0.3) is 0 Å². The molecule has 1 atom stereocenters. The van der Waals surface area contributed by atoms with E-state index in [-0.39, 0.29) is 42.0 Å². The lowest BCUT2D eigenvalue weighted by Crippen LogP contribution is -2.44. The molecule has 1 unspecified atom stereocenters. The van der Waals surface area contributed by atoms with E-state index in [0.717, 1.165) is 38.4 Å². The van der Waals surface area contributed by atoms with Crippen LogP contribution in [0.4, 0.5) is 0 Å². The van der Waals surface area contributed by atoms with Crippen LogP contribution in [0.1, 0.15) is 39.7 Å². The van der Waals surface area contributed by atoms with Crippen molar-refractivity contribution < 1.29 is 4.79 Å². The van der Waals surface area contributed by atoms with Gasteiger partial charge in [0.2, 0.25) is 5.91 Å². The van der Waals surface area contributed by atoms with Gasteiger partial charge in [-0.25, -0.2) is 4.99 Å². The highest BCUT2D eigenvalue weighted by atomic mass is 127. The smallest absolute Gasteiger partial charge is 0.242 e. The Balaban J connectivity index is 0.00000338. The van der Waals surface area contributed by atoms with E-state index in [9.17, 15) is 4.79 Å². The zero-order valence-corrected chi connectivity index (χ0v) is 18.7. The number of amides is 1. The lowest BCUT2D eigenvalue weighted by atomic mass is 9.99. The average Bonchev–Trinajstić information content (AvgIpc) is 2.99. The van der Waals surface area contributed by atoms with E-state index in [1.54, 1.807) is 0 Å². The first-order chi connectivity index (χ1) is 11.9. The minimum atomic E-state index is -0.223. The predicted molar refractivity (Wildman–Crippen MR) is 119 cm³/mol. The summed E-state index contributed by atoms with van der Waals surface area (Å²) in [6, 6.07) is 10.6. The molecular weight excluding hydrogens is 439 g/mol. The molecule has 5 nitrogen and oxygen atoms in total. The first-order valence-corrected chi connectivity index (χ1v) is 9.25. The summed E-state index contributed by atoms with van der Waals surface area (Å²) in [6.07, 6.45) is 2.26. The maximum atomic E-state index is 12.0. The van der Waals surface area contributed by atoms with Gasteiger partial charge in [0, 0.05) is 25.2 Å². The van der Waals surface area contributed by atoms with E-state index in [0.29, 0.717) is 5.92 Å². The molecule has 2 rings (SSSR count). The number of hydrogen-bond acceptors (Lipinski definition) is 2. The maximum absolute atomic E-state index is 12.0. The fraction of sp³-hybridized carbons (Fsp3) is 0.600. The molecule has 1 aromatic carbocycles. The Hall–Kier alpha value is -1.31. The van der Waals surface area contributed by atoms with Crippen LogP contribution < -0.4 is 10.6 Å². The quantitative estimate of drug-likeness (QED) is 0.394. The number of carbonyl (C=O) groups is 1. The Morgan fingerprint density at radius 3 is 2.58 bits per heavy atom. The summed E-state index contributed by atoms with van der Waals surface area (Å²) in [5, 5.41) is 6.28. The molecule has 1 aliphatic heterocycles. The van der Waals surface area contributed by atoms with Crippen molar-refractivity contribution in [1.82, 2.24) is 15.5 Å². The summed E-state index contributed by atoms with van der Waals surface area (Å²) in [6.45, 7) is 10.9. The summed E-state index contributed by atoms with van der Waals surface area (Å²) < 4.78 is 0. The number of rotatable bonds is 5. The topological polar surface area (TPSA) is 56.7 Å². The van der Waals surface area contributed by atoms with Gasteiger partial charge in [-0.3, -0.25) is 4.79 Å². The number of benzene rings is 1. The molecule has 26 heavy (non-hydrogen) atoms. The van der Waals surface area contributed by atoms with Crippen LogP contribution in [-0.2, 0) is 11.2 Å². The second-order valence-corrected chi connectivity index (χ2v) is 7.76. The minimum Gasteiger partial charge on any atom is -0.357 e. The van der Waals surface area contributed by atoms with Gasteiger partial charge in [-0.15, -0.1) is 24.0 Å². The number of aliphatic imine (C=N–C) groups is 1. The largest absolute Gasteiger partial charge is 0.357 e. The van der Waals surface area contributed by atoms with E-state index in [4.69, 9.17) is 0 Å². The van der Waals surface area contributed by atoms with Crippen LogP contribution in [0.2, 0.25) is 0 Å². The number of carbonyl (C=O) groups excluding carboxylic acids is 1. The van der Waals surface area contributed by atoms with Gasteiger partial charge in [-0.2, -0.15) is 0 Å². The summed E-state index contributed by atoms with van der Waals surface area (Å²) in [4.78, 5) is 18.8. The third kappa shape index (κ3) is 7.93. The molecule has 146 valence electrons.